The second-order valence-corrected chi connectivity index (χ2v) is 5.57. The zero-order valence-electron chi connectivity index (χ0n) is 11.9. The van der Waals surface area contributed by atoms with E-state index in [-0.39, 0.29) is 11.8 Å². The lowest BCUT2D eigenvalue weighted by atomic mass is 9.86. The van der Waals surface area contributed by atoms with Crippen molar-refractivity contribution in [2.45, 2.75) is 39.2 Å². The minimum atomic E-state index is -0.531. The number of amides is 1. The Balaban J connectivity index is 2.79. The van der Waals surface area contributed by atoms with Gasteiger partial charge in [-0.2, -0.15) is 5.26 Å². The van der Waals surface area contributed by atoms with E-state index in [1.165, 1.54) is 0 Å². The number of rotatable bonds is 4. The summed E-state index contributed by atoms with van der Waals surface area (Å²) in [6.07, 6.45) is 0. The van der Waals surface area contributed by atoms with Gasteiger partial charge in [-0.15, -0.1) is 0 Å². The molecule has 1 aromatic carbocycles. The van der Waals surface area contributed by atoms with E-state index in [1.807, 2.05) is 39.8 Å². The number of carbonyl (C=O) groups excluding carboxylic acids is 1. The average molecular weight is 259 g/mol. The number of nitriles is 1. The minimum absolute atomic E-state index is 0.0943. The van der Waals surface area contributed by atoms with Crippen molar-refractivity contribution < 1.29 is 4.79 Å². The molecule has 0 aliphatic rings. The van der Waals surface area contributed by atoms with E-state index in [0.29, 0.717) is 5.69 Å². The summed E-state index contributed by atoms with van der Waals surface area (Å²) in [5.74, 6) is -0.0981. The van der Waals surface area contributed by atoms with E-state index in [0.717, 1.165) is 5.56 Å². The molecule has 0 bridgehead atoms. The second-order valence-electron chi connectivity index (χ2n) is 5.57. The van der Waals surface area contributed by atoms with Crippen LogP contribution >= 0.6 is 0 Å². The van der Waals surface area contributed by atoms with Crippen LogP contribution < -0.4 is 11.1 Å². The predicted octanol–water partition coefficient (Wildman–Crippen LogP) is 2.41. The van der Waals surface area contributed by atoms with Gasteiger partial charge >= 0.3 is 0 Å². The van der Waals surface area contributed by atoms with Crippen molar-refractivity contribution in [2.24, 2.45) is 11.7 Å². The van der Waals surface area contributed by atoms with Crippen molar-refractivity contribution in [2.75, 3.05) is 5.32 Å². The van der Waals surface area contributed by atoms with Gasteiger partial charge in [0.2, 0.25) is 5.91 Å². The summed E-state index contributed by atoms with van der Waals surface area (Å²) in [5, 5.41) is 11.8. The van der Waals surface area contributed by atoms with Gasteiger partial charge in [0, 0.05) is 5.69 Å². The van der Waals surface area contributed by atoms with Gasteiger partial charge in [-0.1, -0.05) is 26.0 Å². The largest absolute Gasteiger partial charge is 0.325 e. The second kappa shape index (κ2) is 5.85. The molecule has 102 valence electrons. The van der Waals surface area contributed by atoms with Gasteiger partial charge in [0.1, 0.15) is 0 Å². The maximum atomic E-state index is 11.8. The number of nitrogens with two attached hydrogens (primary N) is 1. The van der Waals surface area contributed by atoms with Crippen LogP contribution in [0, 0.1) is 17.2 Å². The van der Waals surface area contributed by atoms with E-state index in [4.69, 9.17) is 11.0 Å². The number of anilines is 1. The SMILES string of the molecule is CC(C)C(N)C(=O)Nc1ccc(C(C)(C)C#N)cc1. The van der Waals surface area contributed by atoms with Crippen molar-refractivity contribution in [3.63, 3.8) is 0 Å². The highest BCUT2D eigenvalue weighted by molar-refractivity contribution is 5.94. The van der Waals surface area contributed by atoms with Gasteiger partial charge in [0.15, 0.2) is 0 Å². The molecule has 0 heterocycles. The molecule has 0 aromatic heterocycles. The lowest BCUT2D eigenvalue weighted by Crippen LogP contribution is -2.39. The molecule has 1 rings (SSSR count). The van der Waals surface area contributed by atoms with Gasteiger partial charge in [0.05, 0.1) is 17.5 Å². The van der Waals surface area contributed by atoms with Gasteiger partial charge in [-0.3, -0.25) is 4.79 Å². The molecule has 1 atom stereocenters. The Morgan fingerprint density at radius 1 is 1.32 bits per heavy atom. The van der Waals surface area contributed by atoms with Crippen molar-refractivity contribution in [1.82, 2.24) is 0 Å². The maximum Gasteiger partial charge on any atom is 0.241 e. The number of nitrogens with one attached hydrogen (secondary N) is 1. The molecule has 3 N–H and O–H groups in total. The van der Waals surface area contributed by atoms with Crippen molar-refractivity contribution >= 4 is 11.6 Å². The summed E-state index contributed by atoms with van der Waals surface area (Å²) in [5.41, 5.74) is 6.85. The highest BCUT2D eigenvalue weighted by Crippen LogP contribution is 2.23. The molecule has 0 aliphatic heterocycles. The smallest absolute Gasteiger partial charge is 0.241 e. The standard InChI is InChI=1S/C15H21N3O/c1-10(2)13(17)14(19)18-12-7-5-11(6-8-12)15(3,4)9-16/h5-8,10,13H,17H2,1-4H3,(H,18,19). The maximum absolute atomic E-state index is 11.8. The first-order valence-corrected chi connectivity index (χ1v) is 6.36. The summed E-state index contributed by atoms with van der Waals surface area (Å²) < 4.78 is 0. The predicted molar refractivity (Wildman–Crippen MR) is 76.5 cm³/mol. The molecule has 1 unspecified atom stereocenters. The highest BCUT2D eigenvalue weighted by atomic mass is 16.2. The van der Waals surface area contributed by atoms with E-state index in [2.05, 4.69) is 11.4 Å². The van der Waals surface area contributed by atoms with Crippen LogP contribution in [0.1, 0.15) is 33.3 Å². The lowest BCUT2D eigenvalue weighted by Gasteiger charge is -2.18. The van der Waals surface area contributed by atoms with Crippen molar-refractivity contribution in [3.8, 4) is 6.07 Å². The zero-order chi connectivity index (χ0) is 14.6. The van der Waals surface area contributed by atoms with Crippen LogP contribution in [0.5, 0.6) is 0 Å². The molecule has 0 saturated heterocycles. The van der Waals surface area contributed by atoms with Crippen LogP contribution in [-0.4, -0.2) is 11.9 Å². The highest BCUT2D eigenvalue weighted by Gasteiger charge is 2.20. The number of benzene rings is 1. The molecule has 19 heavy (non-hydrogen) atoms. The fourth-order valence-corrected chi connectivity index (χ4v) is 1.56. The monoisotopic (exact) mass is 259 g/mol. The Morgan fingerprint density at radius 3 is 2.26 bits per heavy atom. The first kappa shape index (κ1) is 15.2. The third-order valence-electron chi connectivity index (χ3n) is 3.17. The van der Waals surface area contributed by atoms with Crippen molar-refractivity contribution in [3.05, 3.63) is 29.8 Å². The van der Waals surface area contributed by atoms with Crippen LogP contribution in [0.4, 0.5) is 5.69 Å². The molecule has 1 aromatic rings. The molecule has 0 spiro atoms. The van der Waals surface area contributed by atoms with Gasteiger partial charge in [-0.05, 0) is 37.5 Å². The Hall–Kier alpha value is -1.86. The molecule has 1 amide bonds. The van der Waals surface area contributed by atoms with E-state index in [9.17, 15) is 4.79 Å². The fraction of sp³-hybridized carbons (Fsp3) is 0.467. The lowest BCUT2D eigenvalue weighted by molar-refractivity contribution is -0.118. The molecule has 4 heteroatoms. The molecule has 0 fully saturated rings. The molecular formula is C15H21N3O. The van der Waals surface area contributed by atoms with Crippen LogP contribution in [-0.2, 0) is 10.2 Å². The first-order chi connectivity index (χ1) is 8.77. The normalized spacial score (nSPS) is 12.9. The number of hydrogen-bond acceptors (Lipinski definition) is 3. The van der Waals surface area contributed by atoms with E-state index >= 15 is 0 Å². The van der Waals surface area contributed by atoms with Crippen LogP contribution in [0.3, 0.4) is 0 Å². The van der Waals surface area contributed by atoms with E-state index in [1.54, 1.807) is 12.1 Å². The van der Waals surface area contributed by atoms with Crippen LogP contribution in [0.15, 0.2) is 24.3 Å². The molecule has 0 radical (unpaired) electrons. The van der Waals surface area contributed by atoms with Gasteiger partial charge in [0.25, 0.3) is 0 Å². The van der Waals surface area contributed by atoms with Crippen molar-refractivity contribution in [1.29, 1.82) is 5.26 Å². The number of carbonyl (C=O) groups is 1. The summed E-state index contributed by atoms with van der Waals surface area (Å²) in [7, 11) is 0. The van der Waals surface area contributed by atoms with E-state index < -0.39 is 11.5 Å². The summed E-state index contributed by atoms with van der Waals surface area (Å²) in [6, 6.07) is 9.00. The molecule has 4 nitrogen and oxygen atoms in total. The minimum Gasteiger partial charge on any atom is -0.325 e. The number of nitrogens with zero attached hydrogens (tertiary/aromatic N) is 1. The van der Waals surface area contributed by atoms with Crippen LogP contribution in [0.25, 0.3) is 0 Å². The summed E-state index contributed by atoms with van der Waals surface area (Å²) in [6.45, 7) is 7.52. The molecule has 0 aliphatic carbocycles. The van der Waals surface area contributed by atoms with Gasteiger partial charge < -0.3 is 11.1 Å². The quantitative estimate of drug-likeness (QED) is 0.871. The fourth-order valence-electron chi connectivity index (χ4n) is 1.56. The topological polar surface area (TPSA) is 78.9 Å². The first-order valence-electron chi connectivity index (χ1n) is 6.36. The Kier molecular flexibility index (Phi) is 4.68. The summed E-state index contributed by atoms with van der Waals surface area (Å²) >= 11 is 0. The summed E-state index contributed by atoms with van der Waals surface area (Å²) in [4.78, 5) is 11.8. The molecular weight excluding hydrogens is 238 g/mol. The Labute approximate surface area is 114 Å². The Bertz CT molecular complexity index is 483. The average Bonchev–Trinajstić information content (AvgIpc) is 2.38. The number of hydrogen-bond donors (Lipinski definition) is 2. The zero-order valence-corrected chi connectivity index (χ0v) is 11.9. The van der Waals surface area contributed by atoms with Crippen LogP contribution in [0.2, 0.25) is 0 Å². The third-order valence-corrected chi connectivity index (χ3v) is 3.17. The third kappa shape index (κ3) is 3.80. The molecule has 0 saturated carbocycles. The Morgan fingerprint density at radius 2 is 1.84 bits per heavy atom. The van der Waals surface area contributed by atoms with Gasteiger partial charge in [-0.25, -0.2) is 0 Å².